The Morgan fingerprint density at radius 2 is 1.83 bits per heavy atom. The lowest BCUT2D eigenvalue weighted by atomic mass is 10.1. The summed E-state index contributed by atoms with van der Waals surface area (Å²) in [7, 11) is 0. The highest BCUT2D eigenvalue weighted by molar-refractivity contribution is 7.17. The number of benzene rings is 1. The molecule has 2 heterocycles. The number of ether oxygens (including phenoxy) is 1. The molecule has 1 aliphatic rings. The molecule has 0 fully saturated rings. The van der Waals surface area contributed by atoms with E-state index < -0.39 is 5.97 Å². The van der Waals surface area contributed by atoms with Crippen LogP contribution in [0.5, 0.6) is 0 Å². The average molecular weight is 427 g/mol. The number of anilines is 2. The SMILES string of the molecule is CCOC(=O)c1sc(N2N=C(C)/C(=C\c3ccc(N(CC)CC)cc3)C2=O)nc1C. The minimum absolute atomic E-state index is 0.260. The third-order valence-corrected chi connectivity index (χ3v) is 5.94. The maximum atomic E-state index is 13.0. The van der Waals surface area contributed by atoms with Crippen molar-refractivity contribution in [2.75, 3.05) is 29.6 Å². The van der Waals surface area contributed by atoms with Crippen LogP contribution in [0, 0.1) is 6.92 Å². The van der Waals surface area contributed by atoms with Crippen molar-refractivity contribution >= 4 is 45.8 Å². The first kappa shape index (κ1) is 21.7. The summed E-state index contributed by atoms with van der Waals surface area (Å²) in [6.07, 6.45) is 1.83. The van der Waals surface area contributed by atoms with Crippen LogP contribution in [-0.2, 0) is 9.53 Å². The average Bonchev–Trinajstić information content (AvgIpc) is 3.25. The fourth-order valence-corrected chi connectivity index (χ4v) is 4.12. The standard InChI is InChI=1S/C22H26N4O3S/c1-6-25(7-2)17-11-9-16(10-12-17)13-18-14(4)24-26(20(18)27)22-23-15(5)19(30-22)21(28)29-8-3/h9-13H,6-8H2,1-5H3/b18-13+. The number of carbonyl (C=O) groups excluding carboxylic acids is 2. The van der Waals surface area contributed by atoms with Crippen LogP contribution < -0.4 is 9.91 Å². The van der Waals surface area contributed by atoms with Gasteiger partial charge in [0.2, 0.25) is 5.13 Å². The summed E-state index contributed by atoms with van der Waals surface area (Å²) in [5.41, 5.74) is 3.72. The van der Waals surface area contributed by atoms with E-state index in [4.69, 9.17) is 4.74 Å². The summed E-state index contributed by atoms with van der Waals surface area (Å²) >= 11 is 1.11. The van der Waals surface area contributed by atoms with E-state index in [0.717, 1.165) is 35.7 Å². The summed E-state index contributed by atoms with van der Waals surface area (Å²) in [6.45, 7) is 11.7. The summed E-state index contributed by atoms with van der Waals surface area (Å²) < 4.78 is 5.05. The van der Waals surface area contributed by atoms with E-state index in [-0.39, 0.29) is 12.5 Å². The van der Waals surface area contributed by atoms with Gasteiger partial charge in [-0.2, -0.15) is 10.1 Å². The van der Waals surface area contributed by atoms with Crippen molar-refractivity contribution in [3.63, 3.8) is 0 Å². The second-order valence-electron chi connectivity index (χ2n) is 6.76. The van der Waals surface area contributed by atoms with Crippen LogP contribution in [0.15, 0.2) is 34.9 Å². The van der Waals surface area contributed by atoms with Gasteiger partial charge in [-0.05, 0) is 58.4 Å². The predicted molar refractivity (Wildman–Crippen MR) is 121 cm³/mol. The minimum atomic E-state index is -0.435. The van der Waals surface area contributed by atoms with Gasteiger partial charge in [-0.1, -0.05) is 23.5 Å². The molecule has 30 heavy (non-hydrogen) atoms. The number of amides is 1. The Balaban J connectivity index is 1.84. The number of esters is 1. The topological polar surface area (TPSA) is 75.1 Å². The molecule has 1 aliphatic heterocycles. The number of rotatable bonds is 7. The molecule has 0 N–H and O–H groups in total. The minimum Gasteiger partial charge on any atom is -0.462 e. The second kappa shape index (κ2) is 9.21. The Morgan fingerprint density at radius 3 is 2.43 bits per heavy atom. The molecule has 1 aromatic carbocycles. The number of hydrazone groups is 1. The number of carbonyl (C=O) groups is 2. The lowest BCUT2D eigenvalue weighted by Gasteiger charge is -2.20. The third-order valence-electron chi connectivity index (χ3n) is 4.82. The number of nitrogens with zero attached hydrogens (tertiary/aromatic N) is 4. The van der Waals surface area contributed by atoms with Crippen molar-refractivity contribution in [2.24, 2.45) is 5.10 Å². The van der Waals surface area contributed by atoms with E-state index in [2.05, 4.69) is 41.0 Å². The summed E-state index contributed by atoms with van der Waals surface area (Å²) in [4.78, 5) is 32.1. The van der Waals surface area contributed by atoms with Crippen LogP contribution in [0.1, 0.15) is 48.6 Å². The van der Waals surface area contributed by atoms with Crippen molar-refractivity contribution in [1.29, 1.82) is 0 Å². The lowest BCUT2D eigenvalue weighted by molar-refractivity contribution is -0.114. The number of aryl methyl sites for hydroxylation is 1. The molecule has 0 saturated heterocycles. The monoisotopic (exact) mass is 426 g/mol. The molecule has 3 rings (SSSR count). The smallest absolute Gasteiger partial charge is 0.350 e. The van der Waals surface area contributed by atoms with E-state index in [1.807, 2.05) is 18.2 Å². The highest BCUT2D eigenvalue weighted by Crippen LogP contribution is 2.31. The molecule has 0 bridgehead atoms. The van der Waals surface area contributed by atoms with Gasteiger partial charge in [-0.15, -0.1) is 0 Å². The number of hydrogen-bond donors (Lipinski definition) is 0. The maximum Gasteiger partial charge on any atom is 0.350 e. The normalized spacial score (nSPS) is 15.0. The van der Waals surface area contributed by atoms with Crippen molar-refractivity contribution in [2.45, 2.75) is 34.6 Å². The highest BCUT2D eigenvalue weighted by Gasteiger charge is 2.32. The molecular formula is C22H26N4O3S. The number of thiazole rings is 1. The van der Waals surface area contributed by atoms with Crippen molar-refractivity contribution in [1.82, 2.24) is 4.98 Å². The Bertz CT molecular complexity index is 1000. The molecule has 0 saturated carbocycles. The third kappa shape index (κ3) is 4.28. The molecule has 1 amide bonds. The predicted octanol–water partition coefficient (Wildman–Crippen LogP) is 4.28. The van der Waals surface area contributed by atoms with Crippen LogP contribution in [0.2, 0.25) is 0 Å². The Morgan fingerprint density at radius 1 is 1.17 bits per heavy atom. The van der Waals surface area contributed by atoms with Gasteiger partial charge in [-0.3, -0.25) is 4.79 Å². The first-order valence-corrected chi connectivity index (χ1v) is 10.8. The highest BCUT2D eigenvalue weighted by atomic mass is 32.1. The molecule has 0 unspecified atom stereocenters. The van der Waals surface area contributed by atoms with Crippen molar-refractivity contribution < 1.29 is 14.3 Å². The van der Waals surface area contributed by atoms with Gasteiger partial charge in [0.25, 0.3) is 5.91 Å². The molecule has 8 heteroatoms. The summed E-state index contributed by atoms with van der Waals surface area (Å²) in [6, 6.07) is 8.10. The Labute approximate surface area is 180 Å². The lowest BCUT2D eigenvalue weighted by Crippen LogP contribution is -2.21. The molecule has 7 nitrogen and oxygen atoms in total. The van der Waals surface area contributed by atoms with E-state index in [1.54, 1.807) is 20.8 Å². The van der Waals surface area contributed by atoms with E-state index in [1.165, 1.54) is 5.01 Å². The Hall–Kier alpha value is -3.00. The molecule has 2 aromatic rings. The zero-order chi connectivity index (χ0) is 21.8. The van der Waals surface area contributed by atoms with E-state index in [9.17, 15) is 9.59 Å². The molecule has 1 aromatic heterocycles. The Kier molecular flexibility index (Phi) is 6.66. The van der Waals surface area contributed by atoms with Gasteiger partial charge in [0.1, 0.15) is 4.88 Å². The summed E-state index contributed by atoms with van der Waals surface area (Å²) in [5, 5.41) is 5.99. The van der Waals surface area contributed by atoms with E-state index >= 15 is 0 Å². The van der Waals surface area contributed by atoms with Gasteiger partial charge >= 0.3 is 5.97 Å². The molecule has 0 spiro atoms. The van der Waals surface area contributed by atoms with Gasteiger partial charge < -0.3 is 9.64 Å². The van der Waals surface area contributed by atoms with Gasteiger partial charge in [0.05, 0.1) is 23.6 Å². The van der Waals surface area contributed by atoms with Crippen LogP contribution >= 0.6 is 11.3 Å². The first-order valence-electron chi connectivity index (χ1n) is 10.0. The maximum absolute atomic E-state index is 13.0. The zero-order valence-electron chi connectivity index (χ0n) is 17.9. The molecule has 0 atom stereocenters. The van der Waals surface area contributed by atoms with Gasteiger partial charge in [-0.25, -0.2) is 9.78 Å². The fourth-order valence-electron chi connectivity index (χ4n) is 3.21. The molecule has 158 valence electrons. The van der Waals surface area contributed by atoms with Crippen LogP contribution in [0.3, 0.4) is 0 Å². The largest absolute Gasteiger partial charge is 0.462 e. The fraction of sp³-hybridized carbons (Fsp3) is 0.364. The quantitative estimate of drug-likeness (QED) is 0.488. The van der Waals surface area contributed by atoms with Crippen molar-refractivity contribution in [3.8, 4) is 0 Å². The molecule has 0 aliphatic carbocycles. The zero-order valence-corrected chi connectivity index (χ0v) is 18.7. The van der Waals surface area contributed by atoms with E-state index in [0.29, 0.717) is 27.0 Å². The summed E-state index contributed by atoms with van der Waals surface area (Å²) in [5.74, 6) is -0.695. The van der Waals surface area contributed by atoms with Gasteiger partial charge in [0.15, 0.2) is 0 Å². The number of hydrogen-bond acceptors (Lipinski definition) is 7. The van der Waals surface area contributed by atoms with Crippen LogP contribution in [0.25, 0.3) is 6.08 Å². The molecular weight excluding hydrogens is 400 g/mol. The van der Waals surface area contributed by atoms with Crippen molar-refractivity contribution in [3.05, 3.63) is 46.0 Å². The van der Waals surface area contributed by atoms with Crippen LogP contribution in [-0.4, -0.2) is 42.3 Å². The number of aromatic nitrogens is 1. The second-order valence-corrected chi connectivity index (χ2v) is 7.73. The molecule has 0 radical (unpaired) electrons. The van der Waals surface area contributed by atoms with Crippen LogP contribution in [0.4, 0.5) is 10.8 Å². The van der Waals surface area contributed by atoms with Gasteiger partial charge in [0, 0.05) is 18.8 Å². The first-order chi connectivity index (χ1) is 14.4.